The predicted molar refractivity (Wildman–Crippen MR) is 53.5 cm³/mol. The third-order valence-electron chi connectivity index (χ3n) is 1.66. The van der Waals surface area contributed by atoms with Crippen molar-refractivity contribution in [3.63, 3.8) is 0 Å². The number of aliphatic hydroxyl groups excluding tert-OH is 1. The minimum atomic E-state index is -3.78. The van der Waals surface area contributed by atoms with Crippen LogP contribution in [0.25, 0.3) is 0 Å². The Morgan fingerprint density at radius 1 is 1.44 bits per heavy atom. The van der Waals surface area contributed by atoms with Crippen LogP contribution in [-0.4, -0.2) is 42.7 Å². The third-order valence-corrected chi connectivity index (χ3v) is 3.04. The summed E-state index contributed by atoms with van der Waals surface area (Å²) >= 11 is 0. The Morgan fingerprint density at radius 2 is 2.12 bits per heavy atom. The first-order valence-corrected chi connectivity index (χ1v) is 5.75. The van der Waals surface area contributed by atoms with Crippen molar-refractivity contribution >= 4 is 16.0 Å². The Balaban J connectivity index is 2.93. The van der Waals surface area contributed by atoms with Gasteiger partial charge in [-0.2, -0.15) is 0 Å². The van der Waals surface area contributed by atoms with Crippen LogP contribution < -0.4 is 4.72 Å². The zero-order valence-electron chi connectivity index (χ0n) is 8.12. The molecule has 8 heteroatoms. The molecule has 1 aromatic heterocycles. The van der Waals surface area contributed by atoms with Gasteiger partial charge in [-0.15, -0.1) is 0 Å². The summed E-state index contributed by atoms with van der Waals surface area (Å²) in [5.74, 6) is -1.18. The van der Waals surface area contributed by atoms with Crippen LogP contribution >= 0.6 is 0 Å². The molecule has 88 valence electrons. The number of pyridine rings is 1. The summed E-state index contributed by atoms with van der Waals surface area (Å²) in [4.78, 5) is 14.0. The van der Waals surface area contributed by atoms with Gasteiger partial charge in [0.15, 0.2) is 5.03 Å². The first-order chi connectivity index (χ1) is 7.47. The fourth-order valence-electron chi connectivity index (χ4n) is 0.920. The molecule has 0 bridgehead atoms. The molecule has 0 aliphatic carbocycles. The number of carboxylic acids is 1. The summed E-state index contributed by atoms with van der Waals surface area (Å²) in [5.41, 5.74) is -0.0962. The largest absolute Gasteiger partial charge is 0.478 e. The fourth-order valence-corrected chi connectivity index (χ4v) is 1.87. The number of aromatic nitrogens is 1. The van der Waals surface area contributed by atoms with Gasteiger partial charge in [0.05, 0.1) is 12.2 Å². The van der Waals surface area contributed by atoms with Crippen molar-refractivity contribution in [3.8, 4) is 0 Å². The zero-order valence-corrected chi connectivity index (χ0v) is 8.94. The minimum absolute atomic E-state index is 0.0962. The van der Waals surface area contributed by atoms with Gasteiger partial charge in [-0.05, 0) is 12.1 Å². The highest BCUT2D eigenvalue weighted by Gasteiger charge is 2.15. The number of hydrogen-bond donors (Lipinski definition) is 3. The van der Waals surface area contributed by atoms with Gasteiger partial charge in [0, 0.05) is 12.7 Å². The van der Waals surface area contributed by atoms with Crippen LogP contribution in [0.1, 0.15) is 10.4 Å². The smallest absolute Gasteiger partial charge is 0.337 e. The van der Waals surface area contributed by atoms with Gasteiger partial charge in [0.1, 0.15) is 0 Å². The number of nitrogens with one attached hydrogen (secondary N) is 1. The van der Waals surface area contributed by atoms with E-state index >= 15 is 0 Å². The molecule has 3 N–H and O–H groups in total. The average molecular weight is 246 g/mol. The molecule has 0 aromatic carbocycles. The van der Waals surface area contributed by atoms with Crippen LogP contribution in [0, 0.1) is 0 Å². The van der Waals surface area contributed by atoms with Crippen molar-refractivity contribution in [2.24, 2.45) is 0 Å². The Labute approximate surface area is 91.8 Å². The molecule has 0 spiro atoms. The molecular formula is C8H10N2O5S. The molecule has 0 amide bonds. The lowest BCUT2D eigenvalue weighted by atomic mass is 10.3. The summed E-state index contributed by atoms with van der Waals surface area (Å²) in [6.07, 6.45) is 0.954. The van der Waals surface area contributed by atoms with Crippen molar-refractivity contribution in [3.05, 3.63) is 23.9 Å². The Kier molecular flexibility index (Phi) is 3.93. The average Bonchev–Trinajstić information content (AvgIpc) is 2.26. The summed E-state index contributed by atoms with van der Waals surface area (Å²) in [6, 6.07) is 2.23. The highest BCUT2D eigenvalue weighted by atomic mass is 32.2. The van der Waals surface area contributed by atoms with Crippen molar-refractivity contribution in [2.45, 2.75) is 5.03 Å². The maximum absolute atomic E-state index is 11.4. The highest BCUT2D eigenvalue weighted by molar-refractivity contribution is 7.89. The summed E-state index contributed by atoms with van der Waals surface area (Å²) in [7, 11) is -3.78. The van der Waals surface area contributed by atoms with E-state index in [0.29, 0.717) is 0 Å². The van der Waals surface area contributed by atoms with Gasteiger partial charge in [0.25, 0.3) is 10.0 Å². The Morgan fingerprint density at radius 3 is 2.56 bits per heavy atom. The molecule has 0 saturated heterocycles. The second-order valence-corrected chi connectivity index (χ2v) is 4.53. The highest BCUT2D eigenvalue weighted by Crippen LogP contribution is 2.06. The molecule has 0 radical (unpaired) electrons. The summed E-state index contributed by atoms with van der Waals surface area (Å²) in [5, 5.41) is 16.8. The Bertz CT molecular complexity index is 468. The first kappa shape index (κ1) is 12.6. The van der Waals surface area contributed by atoms with E-state index in [2.05, 4.69) is 9.71 Å². The number of sulfonamides is 1. The standard InChI is InChI=1S/C8H10N2O5S/c11-4-3-10-16(14,15)7-2-1-6(5-9-7)8(12)13/h1-2,5,10-11H,3-4H2,(H,12,13). The van der Waals surface area contributed by atoms with E-state index in [1.165, 1.54) is 0 Å². The van der Waals surface area contributed by atoms with E-state index in [1.807, 2.05) is 0 Å². The monoisotopic (exact) mass is 246 g/mol. The van der Waals surface area contributed by atoms with Crippen LogP contribution in [0.3, 0.4) is 0 Å². The number of carbonyl (C=O) groups is 1. The van der Waals surface area contributed by atoms with Crippen LogP contribution in [0.15, 0.2) is 23.4 Å². The molecule has 1 heterocycles. The second-order valence-electron chi connectivity index (χ2n) is 2.81. The molecule has 0 atom stereocenters. The third kappa shape index (κ3) is 2.99. The zero-order chi connectivity index (χ0) is 12.2. The Hall–Kier alpha value is -1.51. The number of nitrogens with zero attached hydrogens (tertiary/aromatic N) is 1. The van der Waals surface area contributed by atoms with E-state index in [0.717, 1.165) is 18.3 Å². The number of rotatable bonds is 5. The van der Waals surface area contributed by atoms with E-state index in [1.54, 1.807) is 0 Å². The van der Waals surface area contributed by atoms with Crippen molar-refractivity contribution < 1.29 is 23.4 Å². The van der Waals surface area contributed by atoms with Gasteiger partial charge in [-0.25, -0.2) is 22.9 Å². The van der Waals surface area contributed by atoms with Crippen molar-refractivity contribution in [2.75, 3.05) is 13.2 Å². The number of carboxylic acid groups (broad SMARTS) is 1. The molecule has 0 saturated carbocycles. The van der Waals surface area contributed by atoms with Crippen LogP contribution in [-0.2, 0) is 10.0 Å². The number of aliphatic hydroxyl groups is 1. The maximum atomic E-state index is 11.4. The SMILES string of the molecule is O=C(O)c1ccc(S(=O)(=O)NCCO)nc1. The van der Waals surface area contributed by atoms with E-state index in [-0.39, 0.29) is 23.7 Å². The van der Waals surface area contributed by atoms with Gasteiger partial charge in [-0.3, -0.25) is 0 Å². The summed E-state index contributed by atoms with van der Waals surface area (Å²) in [6.45, 7) is -0.447. The fraction of sp³-hybridized carbons (Fsp3) is 0.250. The van der Waals surface area contributed by atoms with Crippen molar-refractivity contribution in [1.82, 2.24) is 9.71 Å². The van der Waals surface area contributed by atoms with E-state index in [9.17, 15) is 13.2 Å². The molecule has 0 unspecified atom stereocenters. The van der Waals surface area contributed by atoms with Gasteiger partial charge in [-0.1, -0.05) is 0 Å². The quantitative estimate of drug-likeness (QED) is 0.616. The minimum Gasteiger partial charge on any atom is -0.478 e. The second kappa shape index (κ2) is 5.01. The van der Waals surface area contributed by atoms with E-state index in [4.69, 9.17) is 10.2 Å². The predicted octanol–water partition coefficient (Wildman–Crippen LogP) is -0.950. The van der Waals surface area contributed by atoms with Crippen LogP contribution in [0.2, 0.25) is 0 Å². The van der Waals surface area contributed by atoms with E-state index < -0.39 is 16.0 Å². The first-order valence-electron chi connectivity index (χ1n) is 4.27. The van der Waals surface area contributed by atoms with Crippen molar-refractivity contribution in [1.29, 1.82) is 0 Å². The molecule has 1 aromatic rings. The lowest BCUT2D eigenvalue weighted by Gasteiger charge is -2.04. The van der Waals surface area contributed by atoms with Crippen LogP contribution in [0.5, 0.6) is 0 Å². The molecule has 0 fully saturated rings. The molecular weight excluding hydrogens is 236 g/mol. The van der Waals surface area contributed by atoms with Gasteiger partial charge in [0.2, 0.25) is 0 Å². The summed E-state index contributed by atoms with van der Waals surface area (Å²) < 4.78 is 25.0. The maximum Gasteiger partial charge on any atom is 0.337 e. The number of aromatic carboxylic acids is 1. The van der Waals surface area contributed by atoms with Gasteiger partial charge >= 0.3 is 5.97 Å². The molecule has 0 aliphatic rings. The number of hydrogen-bond acceptors (Lipinski definition) is 5. The van der Waals surface area contributed by atoms with Gasteiger partial charge < -0.3 is 10.2 Å². The normalized spacial score (nSPS) is 11.3. The molecule has 7 nitrogen and oxygen atoms in total. The topological polar surface area (TPSA) is 117 Å². The molecule has 0 aliphatic heterocycles. The lowest BCUT2D eigenvalue weighted by Crippen LogP contribution is -2.27. The molecule has 1 rings (SSSR count). The molecule has 16 heavy (non-hydrogen) atoms. The van der Waals surface area contributed by atoms with Crippen LogP contribution in [0.4, 0.5) is 0 Å². The lowest BCUT2D eigenvalue weighted by molar-refractivity contribution is 0.0696.